The predicted octanol–water partition coefficient (Wildman–Crippen LogP) is 5.46. The number of carbonyl (C=O) groups is 1. The van der Waals surface area contributed by atoms with Gasteiger partial charge in [0.1, 0.15) is 11.7 Å². The van der Waals surface area contributed by atoms with E-state index in [1.165, 1.54) is 12.8 Å². The molecule has 6 heteroatoms. The summed E-state index contributed by atoms with van der Waals surface area (Å²) in [4.78, 5) is 19.3. The van der Waals surface area contributed by atoms with Crippen molar-refractivity contribution in [3.8, 4) is 0 Å². The van der Waals surface area contributed by atoms with E-state index in [9.17, 15) is 4.79 Å². The van der Waals surface area contributed by atoms with Crippen LogP contribution >= 0.6 is 0 Å². The number of pyridine rings is 1. The van der Waals surface area contributed by atoms with Crippen LogP contribution in [-0.2, 0) is 6.54 Å². The maximum atomic E-state index is 12.8. The third-order valence-corrected chi connectivity index (χ3v) is 5.96. The number of carbonyl (C=O) groups excluding carboxylic acids is 1. The van der Waals surface area contributed by atoms with Gasteiger partial charge in [-0.3, -0.25) is 10.2 Å². The van der Waals surface area contributed by atoms with Gasteiger partial charge in [-0.2, -0.15) is 0 Å². The molecule has 0 unspecified atom stereocenters. The average molecular weight is 442 g/mol. The number of anilines is 2. The topological polar surface area (TPSA) is 81.1 Å². The summed E-state index contributed by atoms with van der Waals surface area (Å²) in [5.41, 5.74) is 4.43. The summed E-state index contributed by atoms with van der Waals surface area (Å²) in [5, 5.41) is 14.8. The molecule has 3 N–H and O–H groups in total. The van der Waals surface area contributed by atoms with Crippen LogP contribution in [0.15, 0.2) is 66.9 Å². The van der Waals surface area contributed by atoms with Gasteiger partial charge >= 0.3 is 0 Å². The normalized spacial score (nSPS) is 13.8. The van der Waals surface area contributed by atoms with Crippen LogP contribution in [0.5, 0.6) is 0 Å². The van der Waals surface area contributed by atoms with Crippen molar-refractivity contribution in [1.29, 1.82) is 5.41 Å². The second-order valence-electron chi connectivity index (χ2n) is 8.52. The summed E-state index contributed by atoms with van der Waals surface area (Å²) in [6, 6.07) is 19.3. The molecular weight excluding hydrogens is 410 g/mol. The fraction of sp³-hybridized carbons (Fsp3) is 0.296. The molecule has 1 aliphatic heterocycles. The molecule has 4 rings (SSSR count). The first-order chi connectivity index (χ1) is 16.1. The molecule has 2 aromatic carbocycles. The Hall–Kier alpha value is -3.67. The van der Waals surface area contributed by atoms with E-state index in [-0.39, 0.29) is 5.91 Å². The molecule has 33 heavy (non-hydrogen) atoms. The molecule has 1 aliphatic rings. The molecular formula is C27H31N5O. The molecule has 0 radical (unpaired) electrons. The number of aryl methyl sites for hydroxylation is 1. The van der Waals surface area contributed by atoms with Gasteiger partial charge in [0.15, 0.2) is 0 Å². The lowest BCUT2D eigenvalue weighted by molar-refractivity contribution is 0.102. The quantitative estimate of drug-likeness (QED) is 0.351. The monoisotopic (exact) mass is 441 g/mol. The molecule has 3 aromatic rings. The number of aromatic nitrogens is 1. The SMILES string of the molecule is Cc1ccc(NC(=O)c2ccccc2NCc2ccc(C(=N)N3CCCCCC3)cc2)nc1. The summed E-state index contributed by atoms with van der Waals surface area (Å²) in [6.07, 6.45) is 6.58. The Labute approximate surface area is 195 Å². The fourth-order valence-corrected chi connectivity index (χ4v) is 4.02. The van der Waals surface area contributed by atoms with Crippen molar-refractivity contribution in [3.63, 3.8) is 0 Å². The van der Waals surface area contributed by atoms with Crippen molar-refractivity contribution in [1.82, 2.24) is 9.88 Å². The van der Waals surface area contributed by atoms with E-state index in [0.717, 1.165) is 48.3 Å². The zero-order valence-electron chi connectivity index (χ0n) is 19.1. The summed E-state index contributed by atoms with van der Waals surface area (Å²) in [6.45, 7) is 4.49. The van der Waals surface area contributed by atoms with Crippen LogP contribution in [0.1, 0.15) is 52.7 Å². The van der Waals surface area contributed by atoms with Crippen molar-refractivity contribution in [3.05, 3.63) is 89.1 Å². The van der Waals surface area contributed by atoms with E-state index in [1.807, 2.05) is 55.5 Å². The van der Waals surface area contributed by atoms with Gasteiger partial charge in [-0.25, -0.2) is 4.98 Å². The first kappa shape index (κ1) is 22.5. The van der Waals surface area contributed by atoms with E-state index in [2.05, 4.69) is 20.5 Å². The van der Waals surface area contributed by atoms with E-state index in [1.54, 1.807) is 18.3 Å². The van der Waals surface area contributed by atoms with Crippen LogP contribution in [0, 0.1) is 12.3 Å². The second-order valence-corrected chi connectivity index (χ2v) is 8.52. The number of benzene rings is 2. The molecule has 0 saturated carbocycles. The summed E-state index contributed by atoms with van der Waals surface area (Å²) in [7, 11) is 0. The molecule has 1 amide bonds. The Morgan fingerprint density at radius 2 is 1.70 bits per heavy atom. The van der Waals surface area contributed by atoms with Gasteiger partial charge in [0.05, 0.1) is 5.56 Å². The maximum absolute atomic E-state index is 12.8. The molecule has 0 bridgehead atoms. The summed E-state index contributed by atoms with van der Waals surface area (Å²) >= 11 is 0. The lowest BCUT2D eigenvalue weighted by atomic mass is 10.1. The van der Waals surface area contributed by atoms with E-state index < -0.39 is 0 Å². The highest BCUT2D eigenvalue weighted by atomic mass is 16.1. The molecule has 0 aliphatic carbocycles. The Morgan fingerprint density at radius 1 is 0.970 bits per heavy atom. The van der Waals surface area contributed by atoms with Crippen molar-refractivity contribution < 1.29 is 4.79 Å². The van der Waals surface area contributed by atoms with Gasteiger partial charge in [0, 0.05) is 37.1 Å². The number of likely N-dealkylation sites (tertiary alicyclic amines) is 1. The molecule has 1 fully saturated rings. The number of amidine groups is 1. The largest absolute Gasteiger partial charge is 0.380 e. The minimum atomic E-state index is -0.198. The van der Waals surface area contributed by atoms with Crippen LogP contribution in [0.3, 0.4) is 0 Å². The summed E-state index contributed by atoms with van der Waals surface area (Å²) in [5.74, 6) is 0.946. The van der Waals surface area contributed by atoms with Crippen LogP contribution < -0.4 is 10.6 Å². The van der Waals surface area contributed by atoms with Crippen molar-refractivity contribution in [2.45, 2.75) is 39.2 Å². The Morgan fingerprint density at radius 3 is 2.39 bits per heavy atom. The van der Waals surface area contributed by atoms with Crippen LogP contribution in [0.4, 0.5) is 11.5 Å². The van der Waals surface area contributed by atoms with Gasteiger partial charge < -0.3 is 15.5 Å². The van der Waals surface area contributed by atoms with Crippen molar-refractivity contribution in [2.24, 2.45) is 0 Å². The highest BCUT2D eigenvalue weighted by Gasteiger charge is 2.14. The Bertz CT molecular complexity index is 1080. The van der Waals surface area contributed by atoms with Crippen LogP contribution in [0.2, 0.25) is 0 Å². The highest BCUT2D eigenvalue weighted by Crippen LogP contribution is 2.19. The minimum Gasteiger partial charge on any atom is -0.380 e. The number of para-hydroxylation sites is 1. The number of rotatable bonds is 6. The van der Waals surface area contributed by atoms with E-state index >= 15 is 0 Å². The van der Waals surface area contributed by atoms with Crippen molar-refractivity contribution >= 4 is 23.2 Å². The molecule has 0 spiro atoms. The van der Waals surface area contributed by atoms with Crippen LogP contribution in [0.25, 0.3) is 0 Å². The minimum absolute atomic E-state index is 0.198. The van der Waals surface area contributed by atoms with Gasteiger partial charge in [-0.05, 0) is 49.1 Å². The van der Waals surface area contributed by atoms with Gasteiger partial charge in [-0.1, -0.05) is 55.3 Å². The van der Waals surface area contributed by atoms with E-state index in [4.69, 9.17) is 5.41 Å². The number of hydrogen-bond acceptors (Lipinski definition) is 4. The van der Waals surface area contributed by atoms with Gasteiger partial charge in [0.25, 0.3) is 5.91 Å². The first-order valence-electron chi connectivity index (χ1n) is 11.6. The third kappa shape index (κ3) is 5.98. The Balaban J connectivity index is 1.38. The molecule has 0 atom stereocenters. The number of amides is 1. The number of hydrogen-bond donors (Lipinski definition) is 3. The smallest absolute Gasteiger partial charge is 0.258 e. The number of nitrogens with zero attached hydrogens (tertiary/aromatic N) is 2. The molecule has 170 valence electrons. The second kappa shape index (κ2) is 10.8. The zero-order chi connectivity index (χ0) is 23.0. The third-order valence-electron chi connectivity index (χ3n) is 5.96. The standard InChI is InChI=1S/C27H31N5O/c1-20-10-15-25(30-18-20)31-27(33)23-8-4-5-9-24(23)29-19-21-11-13-22(14-12-21)26(28)32-16-6-2-3-7-17-32/h4-5,8-15,18,28-29H,2-3,6-7,16-17,19H2,1H3,(H,30,31,33). The molecule has 6 nitrogen and oxygen atoms in total. The molecule has 2 heterocycles. The van der Waals surface area contributed by atoms with Crippen LogP contribution in [-0.4, -0.2) is 34.7 Å². The lowest BCUT2D eigenvalue weighted by Crippen LogP contribution is -2.31. The lowest BCUT2D eigenvalue weighted by Gasteiger charge is -2.23. The average Bonchev–Trinajstić information content (AvgIpc) is 3.14. The molecule has 1 aromatic heterocycles. The van der Waals surface area contributed by atoms with Gasteiger partial charge in [-0.15, -0.1) is 0 Å². The molecule has 1 saturated heterocycles. The highest BCUT2D eigenvalue weighted by molar-refractivity contribution is 6.07. The van der Waals surface area contributed by atoms with E-state index in [0.29, 0.717) is 23.8 Å². The van der Waals surface area contributed by atoms with Gasteiger partial charge in [0.2, 0.25) is 0 Å². The maximum Gasteiger partial charge on any atom is 0.258 e. The van der Waals surface area contributed by atoms with Crippen molar-refractivity contribution in [2.75, 3.05) is 23.7 Å². The number of nitrogens with one attached hydrogen (secondary N) is 3. The summed E-state index contributed by atoms with van der Waals surface area (Å²) < 4.78 is 0. The predicted molar refractivity (Wildman–Crippen MR) is 134 cm³/mol. The fourth-order valence-electron chi connectivity index (χ4n) is 4.02. The Kier molecular flexibility index (Phi) is 7.35. The zero-order valence-corrected chi connectivity index (χ0v) is 19.1. The first-order valence-corrected chi connectivity index (χ1v) is 11.6.